The summed E-state index contributed by atoms with van der Waals surface area (Å²) in [6.07, 6.45) is 2.91. The van der Waals surface area contributed by atoms with Gasteiger partial charge in [-0.2, -0.15) is 0 Å². The highest BCUT2D eigenvalue weighted by atomic mass is 16.2. The molecule has 0 aliphatic carbocycles. The van der Waals surface area contributed by atoms with Crippen LogP contribution in [0, 0.1) is 0 Å². The number of hydrogen-bond donors (Lipinski definition) is 2. The molecule has 0 fully saturated rings. The number of hydrogen-bond acceptors (Lipinski definition) is 3. The van der Waals surface area contributed by atoms with Crippen LogP contribution >= 0.6 is 0 Å². The van der Waals surface area contributed by atoms with E-state index in [9.17, 15) is 9.59 Å². The van der Waals surface area contributed by atoms with Gasteiger partial charge in [-0.15, -0.1) is 0 Å². The molecule has 17 heavy (non-hydrogen) atoms. The molecule has 0 aromatic heterocycles. The number of amides is 1. The molecular formula is C13H16N2O2. The standard InChI is InChI=1S/C13H16N2O2/c1-14-9-10-15-13(17)12(16)8-7-11-5-3-2-4-6-11/h2-8,14H,9-10H2,1H3,(H,15,17). The van der Waals surface area contributed by atoms with Crippen molar-refractivity contribution >= 4 is 17.8 Å². The molecule has 2 N–H and O–H groups in total. The van der Waals surface area contributed by atoms with E-state index in [2.05, 4.69) is 10.6 Å². The highest BCUT2D eigenvalue weighted by Gasteiger charge is 2.08. The van der Waals surface area contributed by atoms with E-state index in [0.29, 0.717) is 13.1 Å². The second-order valence-corrected chi connectivity index (χ2v) is 3.47. The van der Waals surface area contributed by atoms with E-state index in [1.54, 1.807) is 13.1 Å². The number of rotatable bonds is 6. The minimum atomic E-state index is -0.576. The zero-order chi connectivity index (χ0) is 12.5. The van der Waals surface area contributed by atoms with Crippen LogP contribution in [0.1, 0.15) is 5.56 Å². The Hall–Kier alpha value is -1.94. The van der Waals surface area contributed by atoms with Crippen molar-refractivity contribution in [2.24, 2.45) is 0 Å². The Labute approximate surface area is 101 Å². The van der Waals surface area contributed by atoms with E-state index in [4.69, 9.17) is 0 Å². The quantitative estimate of drug-likeness (QED) is 0.429. The third-order valence-corrected chi connectivity index (χ3v) is 2.11. The molecule has 0 saturated carbocycles. The molecule has 1 rings (SSSR count). The zero-order valence-electron chi connectivity index (χ0n) is 9.77. The second-order valence-electron chi connectivity index (χ2n) is 3.47. The van der Waals surface area contributed by atoms with Gasteiger partial charge in [-0.25, -0.2) is 0 Å². The van der Waals surface area contributed by atoms with Crippen molar-refractivity contribution in [3.05, 3.63) is 42.0 Å². The van der Waals surface area contributed by atoms with E-state index < -0.39 is 11.7 Å². The average Bonchev–Trinajstić information content (AvgIpc) is 2.37. The Morgan fingerprint density at radius 1 is 1.18 bits per heavy atom. The smallest absolute Gasteiger partial charge is 0.291 e. The molecule has 1 aromatic carbocycles. The molecule has 0 bridgehead atoms. The van der Waals surface area contributed by atoms with Gasteiger partial charge in [0.2, 0.25) is 5.78 Å². The summed E-state index contributed by atoms with van der Waals surface area (Å²) in [7, 11) is 1.78. The van der Waals surface area contributed by atoms with Crippen LogP contribution in [0.3, 0.4) is 0 Å². The third-order valence-electron chi connectivity index (χ3n) is 2.11. The topological polar surface area (TPSA) is 58.2 Å². The summed E-state index contributed by atoms with van der Waals surface area (Å²) < 4.78 is 0. The molecule has 1 aromatic rings. The van der Waals surface area contributed by atoms with E-state index in [-0.39, 0.29) is 0 Å². The number of carbonyl (C=O) groups excluding carboxylic acids is 2. The molecule has 0 heterocycles. The molecule has 0 unspecified atom stereocenters. The van der Waals surface area contributed by atoms with Crippen LogP contribution in [0.25, 0.3) is 6.08 Å². The Morgan fingerprint density at radius 3 is 2.53 bits per heavy atom. The maximum Gasteiger partial charge on any atom is 0.291 e. The van der Waals surface area contributed by atoms with Crippen molar-refractivity contribution in [1.82, 2.24) is 10.6 Å². The van der Waals surface area contributed by atoms with Gasteiger partial charge in [-0.05, 0) is 18.7 Å². The maximum absolute atomic E-state index is 11.4. The van der Waals surface area contributed by atoms with E-state index in [0.717, 1.165) is 5.56 Å². The zero-order valence-corrected chi connectivity index (χ0v) is 9.77. The summed E-state index contributed by atoms with van der Waals surface area (Å²) in [6, 6.07) is 9.36. The Bertz CT molecular complexity index is 399. The number of nitrogens with one attached hydrogen (secondary N) is 2. The van der Waals surface area contributed by atoms with Crippen molar-refractivity contribution in [2.45, 2.75) is 0 Å². The van der Waals surface area contributed by atoms with Gasteiger partial charge >= 0.3 is 0 Å². The molecule has 0 atom stereocenters. The number of carbonyl (C=O) groups is 2. The Kier molecular flexibility index (Phi) is 5.68. The summed E-state index contributed by atoms with van der Waals surface area (Å²) in [5, 5.41) is 5.39. The van der Waals surface area contributed by atoms with Crippen LogP contribution < -0.4 is 10.6 Å². The summed E-state index contributed by atoms with van der Waals surface area (Å²) in [6.45, 7) is 1.08. The largest absolute Gasteiger partial charge is 0.348 e. The summed E-state index contributed by atoms with van der Waals surface area (Å²) >= 11 is 0. The molecule has 90 valence electrons. The van der Waals surface area contributed by atoms with E-state index in [1.165, 1.54) is 6.08 Å². The van der Waals surface area contributed by atoms with E-state index in [1.807, 2.05) is 30.3 Å². The maximum atomic E-state index is 11.4. The van der Waals surface area contributed by atoms with Crippen LogP contribution in [-0.2, 0) is 9.59 Å². The fraction of sp³-hybridized carbons (Fsp3) is 0.231. The van der Waals surface area contributed by atoms with Gasteiger partial charge in [0.15, 0.2) is 0 Å². The molecule has 0 aliphatic heterocycles. The Morgan fingerprint density at radius 2 is 1.88 bits per heavy atom. The molecule has 4 heteroatoms. The average molecular weight is 232 g/mol. The molecule has 4 nitrogen and oxygen atoms in total. The predicted molar refractivity (Wildman–Crippen MR) is 67.4 cm³/mol. The third kappa shape index (κ3) is 5.08. The summed E-state index contributed by atoms with van der Waals surface area (Å²) in [4.78, 5) is 22.7. The first-order chi connectivity index (χ1) is 8.24. The fourth-order valence-electron chi connectivity index (χ4n) is 1.20. The lowest BCUT2D eigenvalue weighted by atomic mass is 10.2. The van der Waals surface area contributed by atoms with Crippen molar-refractivity contribution in [1.29, 1.82) is 0 Å². The lowest BCUT2D eigenvalue weighted by Gasteiger charge is -2.00. The van der Waals surface area contributed by atoms with Crippen LogP contribution in [0.5, 0.6) is 0 Å². The van der Waals surface area contributed by atoms with Gasteiger partial charge in [0.1, 0.15) is 0 Å². The Balaban J connectivity index is 2.43. The van der Waals surface area contributed by atoms with Crippen LogP contribution in [0.4, 0.5) is 0 Å². The molecular weight excluding hydrogens is 216 g/mol. The minimum Gasteiger partial charge on any atom is -0.348 e. The number of ketones is 1. The molecule has 0 radical (unpaired) electrons. The molecule has 0 saturated heterocycles. The van der Waals surface area contributed by atoms with Gasteiger partial charge in [-0.3, -0.25) is 9.59 Å². The summed E-state index contributed by atoms with van der Waals surface area (Å²) in [5.74, 6) is -1.11. The lowest BCUT2D eigenvalue weighted by Crippen LogP contribution is -2.34. The lowest BCUT2D eigenvalue weighted by molar-refractivity contribution is -0.135. The SMILES string of the molecule is CNCCNC(=O)C(=O)C=Cc1ccccc1. The van der Waals surface area contributed by atoms with Gasteiger partial charge < -0.3 is 10.6 Å². The first-order valence-electron chi connectivity index (χ1n) is 5.44. The van der Waals surface area contributed by atoms with Crippen molar-refractivity contribution in [2.75, 3.05) is 20.1 Å². The first-order valence-corrected chi connectivity index (χ1v) is 5.44. The first kappa shape index (κ1) is 13.1. The van der Waals surface area contributed by atoms with Gasteiger partial charge in [-0.1, -0.05) is 36.4 Å². The molecule has 0 aliphatic rings. The normalized spacial score (nSPS) is 10.4. The van der Waals surface area contributed by atoms with Crippen molar-refractivity contribution < 1.29 is 9.59 Å². The van der Waals surface area contributed by atoms with Crippen LogP contribution in [0.15, 0.2) is 36.4 Å². The van der Waals surface area contributed by atoms with Crippen molar-refractivity contribution in [3.63, 3.8) is 0 Å². The highest BCUT2D eigenvalue weighted by Crippen LogP contribution is 2.00. The van der Waals surface area contributed by atoms with E-state index >= 15 is 0 Å². The molecule has 0 spiro atoms. The van der Waals surface area contributed by atoms with Crippen LogP contribution in [0.2, 0.25) is 0 Å². The molecule has 1 amide bonds. The second kappa shape index (κ2) is 7.35. The minimum absolute atomic E-state index is 0.445. The number of likely N-dealkylation sites (N-methyl/N-ethyl adjacent to an activating group) is 1. The summed E-state index contributed by atoms with van der Waals surface area (Å²) in [5.41, 5.74) is 0.892. The monoisotopic (exact) mass is 232 g/mol. The predicted octanol–water partition coefficient (Wildman–Crippen LogP) is 0.604. The van der Waals surface area contributed by atoms with Gasteiger partial charge in [0, 0.05) is 13.1 Å². The number of benzene rings is 1. The highest BCUT2D eigenvalue weighted by molar-refractivity contribution is 6.41. The van der Waals surface area contributed by atoms with Crippen molar-refractivity contribution in [3.8, 4) is 0 Å². The fourth-order valence-corrected chi connectivity index (χ4v) is 1.20. The van der Waals surface area contributed by atoms with Crippen LogP contribution in [-0.4, -0.2) is 31.8 Å². The van der Waals surface area contributed by atoms with Gasteiger partial charge in [0.05, 0.1) is 0 Å². The van der Waals surface area contributed by atoms with Gasteiger partial charge in [0.25, 0.3) is 5.91 Å².